The average Bonchev–Trinajstić information content (AvgIpc) is 3.10. The maximum Gasteiger partial charge on any atom is 0.285 e. The monoisotopic (exact) mass is 496 g/mol. The zero-order valence-corrected chi connectivity index (χ0v) is 23.0. The van der Waals surface area contributed by atoms with Crippen LogP contribution in [-0.2, 0) is 37.5 Å². The zero-order valence-electron chi connectivity index (χ0n) is 20.2. The predicted molar refractivity (Wildman–Crippen MR) is 127 cm³/mol. The van der Waals surface area contributed by atoms with Crippen molar-refractivity contribution in [2.24, 2.45) is 0 Å². The van der Waals surface area contributed by atoms with Crippen LogP contribution in [-0.4, -0.2) is 42.6 Å². The molecule has 0 aromatic heterocycles. The first-order valence-electron chi connectivity index (χ1n) is 11.6. The van der Waals surface area contributed by atoms with Crippen molar-refractivity contribution in [2.75, 3.05) is 31.1 Å². The number of hydrogen-bond acceptors (Lipinski definition) is 1. The molecule has 2 aliphatic heterocycles. The number of piperidine rings is 1. The van der Waals surface area contributed by atoms with Crippen molar-refractivity contribution >= 4 is 11.6 Å². The minimum absolute atomic E-state index is 0. The fourth-order valence-electron chi connectivity index (χ4n) is 5.52. The number of hydrogen-bond donors (Lipinski definition) is 0. The molecule has 1 atom stereocenters. The van der Waals surface area contributed by atoms with E-state index in [1.165, 1.54) is 54.6 Å². The van der Waals surface area contributed by atoms with E-state index in [0.29, 0.717) is 5.91 Å². The maximum absolute atomic E-state index is 13.3. The second-order valence-electron chi connectivity index (χ2n) is 9.24. The van der Waals surface area contributed by atoms with Gasteiger partial charge in [0.2, 0.25) is 0 Å². The average molecular weight is 497 g/mol. The van der Waals surface area contributed by atoms with Gasteiger partial charge in [-0.05, 0) is 65.0 Å². The van der Waals surface area contributed by atoms with Gasteiger partial charge in [-0.1, -0.05) is 53.6 Å². The van der Waals surface area contributed by atoms with Gasteiger partial charge in [0.1, 0.15) is 0 Å². The predicted octanol–water partition coefficient (Wildman–Crippen LogP) is 5.73. The van der Waals surface area contributed by atoms with Gasteiger partial charge in [0.05, 0.1) is 19.6 Å². The maximum atomic E-state index is 13.3. The Morgan fingerprint density at radius 1 is 0.903 bits per heavy atom. The van der Waals surface area contributed by atoms with Crippen LogP contribution in [0, 0.1) is 27.7 Å². The van der Waals surface area contributed by atoms with Crippen LogP contribution in [0.2, 0.25) is 0 Å². The molecule has 165 valence electrons. The molecule has 2 saturated heterocycles. The van der Waals surface area contributed by atoms with Gasteiger partial charge in [-0.25, -0.2) is 0 Å². The second-order valence-corrected chi connectivity index (χ2v) is 9.24. The van der Waals surface area contributed by atoms with E-state index in [-0.39, 0.29) is 38.8 Å². The van der Waals surface area contributed by atoms with E-state index in [4.69, 9.17) is 0 Å². The molecule has 4 heteroatoms. The first kappa shape index (κ1) is 26.2. The number of rotatable bonds is 3. The van der Waals surface area contributed by atoms with Crippen molar-refractivity contribution < 1.29 is 42.0 Å². The molecule has 2 aromatic rings. The van der Waals surface area contributed by atoms with Gasteiger partial charge in [-0.3, -0.25) is 4.79 Å². The quantitative estimate of drug-likeness (QED) is 0.497. The first-order chi connectivity index (χ1) is 14.4. The number of likely N-dealkylation sites (tertiary alicyclic amines) is 1. The summed E-state index contributed by atoms with van der Waals surface area (Å²) in [7, 11) is 0. The second kappa shape index (κ2) is 11.7. The Hall–Kier alpha value is -1.03. The van der Waals surface area contributed by atoms with E-state index in [9.17, 15) is 4.79 Å². The number of likely N-dealkylation sites (N-methyl/N-ethyl adjacent to an activating group) is 1. The van der Waals surface area contributed by atoms with Crippen LogP contribution in [0.15, 0.2) is 42.5 Å². The summed E-state index contributed by atoms with van der Waals surface area (Å²) in [6.45, 7) is 15.1. The van der Waals surface area contributed by atoms with Crippen molar-refractivity contribution in [1.82, 2.24) is 0 Å². The molecular formula is C27H39N2OY+. The molecule has 1 unspecified atom stereocenters. The van der Waals surface area contributed by atoms with Crippen LogP contribution in [0.25, 0.3) is 0 Å². The molecule has 0 spiro atoms. The minimum atomic E-state index is 0. The molecule has 2 aromatic carbocycles. The normalized spacial score (nSPS) is 20.0. The van der Waals surface area contributed by atoms with Gasteiger partial charge in [0.25, 0.3) is 5.91 Å². The largest absolute Gasteiger partial charge is 0.314 e. The van der Waals surface area contributed by atoms with Gasteiger partial charge < -0.3 is 9.38 Å². The molecule has 0 bridgehead atoms. The van der Waals surface area contributed by atoms with Crippen molar-refractivity contribution in [3.8, 4) is 0 Å². The molecule has 0 aliphatic carbocycles. The summed E-state index contributed by atoms with van der Waals surface area (Å²) < 4.78 is 1.03. The minimum Gasteiger partial charge on any atom is -0.314 e. The fourth-order valence-corrected chi connectivity index (χ4v) is 5.52. The van der Waals surface area contributed by atoms with Crippen molar-refractivity contribution in [3.05, 3.63) is 64.7 Å². The number of carbonyl (C=O) groups excluding carboxylic acids is 1. The third-order valence-electron chi connectivity index (χ3n) is 7.02. The van der Waals surface area contributed by atoms with Gasteiger partial charge in [-0.15, -0.1) is 0 Å². The van der Waals surface area contributed by atoms with Gasteiger partial charge in [0, 0.05) is 51.4 Å². The Balaban J connectivity index is 0.000000364. The number of nitrogens with zero attached hydrogens (tertiary/aromatic N) is 2. The number of anilines is 1. The van der Waals surface area contributed by atoms with Crippen LogP contribution in [0.1, 0.15) is 54.9 Å². The van der Waals surface area contributed by atoms with E-state index < -0.39 is 0 Å². The zero-order chi connectivity index (χ0) is 21.7. The Labute approximate surface area is 214 Å². The van der Waals surface area contributed by atoms with Crippen LogP contribution in [0.3, 0.4) is 0 Å². The number of carbonyl (C=O) groups is 1. The van der Waals surface area contributed by atoms with E-state index >= 15 is 0 Å². The Morgan fingerprint density at radius 2 is 1.48 bits per heavy atom. The summed E-state index contributed by atoms with van der Waals surface area (Å²) in [4.78, 5) is 15.4. The third kappa shape index (κ3) is 6.06. The number of quaternary nitrogens is 1. The molecule has 3 nitrogen and oxygen atoms in total. The molecule has 31 heavy (non-hydrogen) atoms. The van der Waals surface area contributed by atoms with Crippen LogP contribution in [0.5, 0.6) is 0 Å². The van der Waals surface area contributed by atoms with Gasteiger partial charge in [-0.2, -0.15) is 0 Å². The van der Waals surface area contributed by atoms with E-state index in [1.807, 2.05) is 18.2 Å². The van der Waals surface area contributed by atoms with Gasteiger partial charge >= 0.3 is 0 Å². The summed E-state index contributed by atoms with van der Waals surface area (Å²) in [6, 6.07) is 14.8. The molecule has 0 N–H and O–H groups in total. The Kier molecular flexibility index (Phi) is 9.92. The molecule has 2 fully saturated rings. The standard InChI is InChI=1S/C20H31N2O.C7H8.Y/c1-5-22(11-7-6-8-12-22)18-9-10-21(20(18)23)19-16(3)13-15(2)14-17(19)4;1-7-5-3-2-4-6-7;/h13-14,18H,5-12H2,1-4H3;2-6H,1H3;/q+1;;. The summed E-state index contributed by atoms with van der Waals surface area (Å²) in [5, 5.41) is 0. The topological polar surface area (TPSA) is 20.3 Å². The number of aryl methyl sites for hydroxylation is 4. The molecule has 4 rings (SSSR count). The Bertz CT molecular complexity index is 836. The molecular weight excluding hydrogens is 457 g/mol. The summed E-state index contributed by atoms with van der Waals surface area (Å²) >= 11 is 0. The number of benzene rings is 2. The Morgan fingerprint density at radius 3 is 1.97 bits per heavy atom. The summed E-state index contributed by atoms with van der Waals surface area (Å²) in [5.74, 6) is 0.365. The molecule has 0 saturated carbocycles. The van der Waals surface area contributed by atoms with E-state index in [1.54, 1.807) is 0 Å². The van der Waals surface area contributed by atoms with E-state index in [2.05, 4.69) is 63.8 Å². The van der Waals surface area contributed by atoms with Crippen LogP contribution < -0.4 is 4.90 Å². The SMILES string of the molecule is CC[N+]1(C2CCN(c3c(C)cc(C)cc3C)C2=O)CCCCC1.Cc1ccccc1.[Y]. The summed E-state index contributed by atoms with van der Waals surface area (Å²) in [5.41, 5.74) is 6.23. The third-order valence-corrected chi connectivity index (χ3v) is 7.02. The van der Waals surface area contributed by atoms with Crippen LogP contribution in [0.4, 0.5) is 5.69 Å². The van der Waals surface area contributed by atoms with Crippen LogP contribution >= 0.6 is 0 Å². The van der Waals surface area contributed by atoms with E-state index in [0.717, 1.165) is 29.7 Å². The molecule has 1 radical (unpaired) electrons. The van der Waals surface area contributed by atoms with Crippen molar-refractivity contribution in [2.45, 2.75) is 66.3 Å². The van der Waals surface area contributed by atoms with Crippen molar-refractivity contribution in [3.63, 3.8) is 0 Å². The fraction of sp³-hybridized carbons (Fsp3) is 0.519. The first-order valence-corrected chi connectivity index (χ1v) is 11.6. The number of amides is 1. The van der Waals surface area contributed by atoms with Crippen molar-refractivity contribution in [1.29, 1.82) is 0 Å². The molecule has 2 aliphatic rings. The molecule has 2 heterocycles. The molecule has 1 amide bonds. The summed E-state index contributed by atoms with van der Waals surface area (Å²) in [6.07, 6.45) is 4.90. The van der Waals surface area contributed by atoms with Gasteiger partial charge in [0.15, 0.2) is 6.04 Å². The smallest absolute Gasteiger partial charge is 0.285 e.